The van der Waals surface area contributed by atoms with E-state index in [1.165, 1.54) is 18.5 Å². The van der Waals surface area contributed by atoms with Crippen LogP contribution >= 0.6 is 0 Å². The number of hydrogen-bond donors (Lipinski definition) is 1. The smallest absolute Gasteiger partial charge is 0.270 e. The second-order valence-electron chi connectivity index (χ2n) is 4.56. The number of nitro benzene ring substituents is 1. The highest BCUT2D eigenvalue weighted by molar-refractivity contribution is 5.90. The lowest BCUT2D eigenvalue weighted by atomic mass is 10.2. The highest BCUT2D eigenvalue weighted by Gasteiger charge is 2.14. The van der Waals surface area contributed by atoms with Crippen molar-refractivity contribution in [2.45, 2.75) is 13.0 Å². The molecule has 3 aromatic rings. The van der Waals surface area contributed by atoms with E-state index in [0.717, 1.165) is 5.76 Å². The van der Waals surface area contributed by atoms with E-state index < -0.39 is 4.92 Å². The number of aromatic nitrogens is 2. The molecule has 0 radical (unpaired) electrons. The van der Waals surface area contributed by atoms with Gasteiger partial charge in [0.15, 0.2) is 0 Å². The van der Waals surface area contributed by atoms with Gasteiger partial charge in [-0.3, -0.25) is 10.1 Å². The van der Waals surface area contributed by atoms with E-state index >= 15 is 0 Å². The third-order valence-electron chi connectivity index (χ3n) is 3.15. The molecule has 1 aromatic carbocycles. The van der Waals surface area contributed by atoms with Crippen LogP contribution in [0, 0.1) is 10.1 Å². The Bertz CT molecular complexity index is 786. The van der Waals surface area contributed by atoms with Gasteiger partial charge in [0.1, 0.15) is 17.9 Å². The molecule has 21 heavy (non-hydrogen) atoms. The Kier molecular flexibility index (Phi) is 3.23. The highest BCUT2D eigenvalue weighted by atomic mass is 16.6. The fourth-order valence-corrected chi connectivity index (χ4v) is 2.09. The van der Waals surface area contributed by atoms with Gasteiger partial charge in [0, 0.05) is 17.5 Å². The van der Waals surface area contributed by atoms with E-state index in [4.69, 9.17) is 4.42 Å². The molecule has 3 rings (SSSR count). The molecule has 106 valence electrons. The van der Waals surface area contributed by atoms with Crippen LogP contribution < -0.4 is 5.32 Å². The van der Waals surface area contributed by atoms with Crippen LogP contribution in [0.15, 0.2) is 47.3 Å². The van der Waals surface area contributed by atoms with Crippen molar-refractivity contribution < 1.29 is 9.34 Å². The van der Waals surface area contributed by atoms with Gasteiger partial charge >= 0.3 is 0 Å². The Hall–Kier alpha value is -2.96. The molecule has 0 saturated carbocycles. The summed E-state index contributed by atoms with van der Waals surface area (Å²) in [7, 11) is 0. The Morgan fingerprint density at radius 1 is 1.33 bits per heavy atom. The molecule has 2 aromatic heterocycles. The molecule has 1 N–H and O–H groups in total. The molecule has 0 amide bonds. The average Bonchev–Trinajstić information content (AvgIpc) is 3.01. The topological polar surface area (TPSA) is 94.1 Å². The summed E-state index contributed by atoms with van der Waals surface area (Å²) in [5, 5.41) is 14.7. The number of fused-ring (bicyclic) bond motifs is 1. The number of nitro groups is 1. The summed E-state index contributed by atoms with van der Waals surface area (Å²) in [6, 6.07) is 8.04. The van der Waals surface area contributed by atoms with Crippen molar-refractivity contribution in [2.24, 2.45) is 0 Å². The van der Waals surface area contributed by atoms with E-state index in [9.17, 15) is 10.1 Å². The minimum absolute atomic E-state index is 0.00556. The molecule has 0 aliphatic heterocycles. The fraction of sp³-hybridized carbons (Fsp3) is 0.143. The predicted octanol–water partition coefficient (Wildman–Crippen LogP) is 3.30. The first-order valence-electron chi connectivity index (χ1n) is 6.34. The molecule has 0 saturated heterocycles. The molecule has 7 nitrogen and oxygen atoms in total. The molecule has 7 heteroatoms. The third-order valence-corrected chi connectivity index (χ3v) is 3.15. The molecule has 2 heterocycles. The van der Waals surface area contributed by atoms with Crippen molar-refractivity contribution in [1.29, 1.82) is 0 Å². The summed E-state index contributed by atoms with van der Waals surface area (Å²) in [5.41, 5.74) is 0.649. The molecule has 0 fully saturated rings. The van der Waals surface area contributed by atoms with E-state index in [0.29, 0.717) is 16.7 Å². The average molecular weight is 284 g/mol. The molecule has 1 unspecified atom stereocenters. The summed E-state index contributed by atoms with van der Waals surface area (Å²) in [5.74, 6) is 1.29. The van der Waals surface area contributed by atoms with Crippen LogP contribution in [-0.2, 0) is 0 Å². The van der Waals surface area contributed by atoms with Gasteiger partial charge in [-0.05, 0) is 25.1 Å². The van der Waals surface area contributed by atoms with Crippen molar-refractivity contribution in [1.82, 2.24) is 9.97 Å². The standard InChI is InChI=1S/C14H12N4O3/c1-9(13-3-2-6-21-13)17-14-11-7-10(18(19)20)4-5-12(11)15-8-16-14/h2-9H,1H3,(H,15,16,17). The van der Waals surface area contributed by atoms with Crippen LogP contribution in [0.5, 0.6) is 0 Å². The van der Waals surface area contributed by atoms with Gasteiger partial charge in [-0.1, -0.05) is 0 Å². The lowest BCUT2D eigenvalue weighted by Crippen LogP contribution is -2.07. The molecule has 0 spiro atoms. The zero-order valence-corrected chi connectivity index (χ0v) is 11.2. The maximum Gasteiger partial charge on any atom is 0.270 e. The number of furan rings is 1. The molecular formula is C14H12N4O3. The summed E-state index contributed by atoms with van der Waals surface area (Å²) >= 11 is 0. The lowest BCUT2D eigenvalue weighted by Gasteiger charge is -2.13. The first-order valence-corrected chi connectivity index (χ1v) is 6.34. The number of rotatable bonds is 4. The van der Waals surface area contributed by atoms with Gasteiger partial charge in [0.05, 0.1) is 22.7 Å². The molecule has 1 atom stereocenters. The Morgan fingerprint density at radius 2 is 2.19 bits per heavy atom. The van der Waals surface area contributed by atoms with Crippen LogP contribution in [0.3, 0.4) is 0 Å². The predicted molar refractivity (Wildman–Crippen MR) is 76.9 cm³/mol. The van der Waals surface area contributed by atoms with Crippen molar-refractivity contribution in [3.63, 3.8) is 0 Å². The van der Waals surface area contributed by atoms with Gasteiger partial charge in [0.2, 0.25) is 0 Å². The number of anilines is 1. The quantitative estimate of drug-likeness (QED) is 0.583. The highest BCUT2D eigenvalue weighted by Crippen LogP contribution is 2.27. The number of hydrogen-bond acceptors (Lipinski definition) is 6. The molecule has 0 aliphatic carbocycles. The van der Waals surface area contributed by atoms with Crippen molar-refractivity contribution in [2.75, 3.05) is 5.32 Å². The number of nitrogens with zero attached hydrogens (tertiary/aromatic N) is 3. The minimum Gasteiger partial charge on any atom is -0.467 e. The maximum atomic E-state index is 10.9. The van der Waals surface area contributed by atoms with Crippen LogP contribution in [0.1, 0.15) is 18.7 Å². The maximum absolute atomic E-state index is 10.9. The Morgan fingerprint density at radius 3 is 2.90 bits per heavy atom. The van der Waals surface area contributed by atoms with E-state index in [1.54, 1.807) is 18.4 Å². The van der Waals surface area contributed by atoms with E-state index in [1.807, 2.05) is 13.0 Å². The first kappa shape index (κ1) is 13.0. The first-order chi connectivity index (χ1) is 10.1. The van der Waals surface area contributed by atoms with E-state index in [-0.39, 0.29) is 11.7 Å². The monoisotopic (exact) mass is 284 g/mol. The normalized spacial score (nSPS) is 12.2. The third kappa shape index (κ3) is 2.53. The van der Waals surface area contributed by atoms with Crippen LogP contribution in [-0.4, -0.2) is 14.9 Å². The van der Waals surface area contributed by atoms with Crippen LogP contribution in [0.25, 0.3) is 10.9 Å². The van der Waals surface area contributed by atoms with E-state index in [2.05, 4.69) is 15.3 Å². The van der Waals surface area contributed by atoms with Crippen LogP contribution in [0.2, 0.25) is 0 Å². The van der Waals surface area contributed by atoms with Crippen molar-refractivity contribution in [3.05, 3.63) is 58.8 Å². The van der Waals surface area contributed by atoms with Crippen molar-refractivity contribution in [3.8, 4) is 0 Å². The zero-order valence-electron chi connectivity index (χ0n) is 11.2. The van der Waals surface area contributed by atoms with Gasteiger partial charge in [-0.25, -0.2) is 9.97 Å². The van der Waals surface area contributed by atoms with Gasteiger partial charge in [-0.2, -0.15) is 0 Å². The zero-order chi connectivity index (χ0) is 14.8. The van der Waals surface area contributed by atoms with Gasteiger partial charge < -0.3 is 9.73 Å². The Labute approximate surface area is 119 Å². The summed E-state index contributed by atoms with van der Waals surface area (Å²) in [4.78, 5) is 18.7. The minimum atomic E-state index is -0.438. The van der Waals surface area contributed by atoms with Gasteiger partial charge in [0.25, 0.3) is 5.69 Å². The largest absolute Gasteiger partial charge is 0.467 e. The molecular weight excluding hydrogens is 272 g/mol. The SMILES string of the molecule is CC(Nc1ncnc2ccc([N+](=O)[O-])cc12)c1ccco1. The number of nitrogens with one attached hydrogen (secondary N) is 1. The number of benzene rings is 1. The van der Waals surface area contributed by atoms with Crippen molar-refractivity contribution >= 4 is 22.4 Å². The fourth-order valence-electron chi connectivity index (χ4n) is 2.09. The number of non-ortho nitro benzene ring substituents is 1. The Balaban J connectivity index is 2.01. The lowest BCUT2D eigenvalue weighted by molar-refractivity contribution is -0.384. The molecule has 0 bridgehead atoms. The van der Waals surface area contributed by atoms with Crippen LogP contribution in [0.4, 0.5) is 11.5 Å². The summed E-state index contributed by atoms with van der Waals surface area (Å²) in [6.45, 7) is 1.92. The summed E-state index contributed by atoms with van der Waals surface area (Å²) < 4.78 is 5.33. The second-order valence-corrected chi connectivity index (χ2v) is 4.56. The molecule has 0 aliphatic rings. The second kappa shape index (κ2) is 5.20. The summed E-state index contributed by atoms with van der Waals surface area (Å²) in [6.07, 6.45) is 3.02. The van der Waals surface area contributed by atoms with Gasteiger partial charge in [-0.15, -0.1) is 0 Å².